The molecule has 52 heavy (non-hydrogen) atoms. The lowest BCUT2D eigenvalue weighted by atomic mass is 9.82. The monoisotopic (exact) mass is 665 g/mol. The highest BCUT2D eigenvalue weighted by Gasteiger charge is 2.35. The fraction of sp³-hybridized carbons (Fsp3) is 0.0588. The smallest absolute Gasteiger partial charge is 0.0468 e. The first kappa shape index (κ1) is 31.5. The zero-order valence-corrected chi connectivity index (χ0v) is 29.5. The van der Waals surface area contributed by atoms with E-state index in [1.165, 1.54) is 66.8 Å². The summed E-state index contributed by atoms with van der Waals surface area (Å²) in [4.78, 5) is 2.43. The van der Waals surface area contributed by atoms with E-state index in [0.29, 0.717) is 0 Å². The maximum atomic E-state index is 2.43. The zero-order chi connectivity index (χ0) is 35.1. The van der Waals surface area contributed by atoms with Crippen LogP contribution in [0.3, 0.4) is 0 Å². The molecule has 0 aromatic heterocycles. The summed E-state index contributed by atoms with van der Waals surface area (Å²) >= 11 is 0. The van der Waals surface area contributed by atoms with Gasteiger partial charge in [0.2, 0.25) is 0 Å². The van der Waals surface area contributed by atoms with Crippen molar-refractivity contribution in [1.29, 1.82) is 0 Å². The van der Waals surface area contributed by atoms with E-state index in [4.69, 9.17) is 0 Å². The number of nitrogens with zero attached hydrogens (tertiary/aromatic N) is 1. The van der Waals surface area contributed by atoms with Crippen LogP contribution in [0.5, 0.6) is 0 Å². The van der Waals surface area contributed by atoms with Gasteiger partial charge in [0, 0.05) is 22.5 Å². The molecule has 8 aromatic rings. The van der Waals surface area contributed by atoms with Crippen molar-refractivity contribution in [2.45, 2.75) is 19.3 Å². The van der Waals surface area contributed by atoms with Crippen LogP contribution in [0.15, 0.2) is 200 Å². The molecule has 0 saturated heterocycles. The third-order valence-electron chi connectivity index (χ3n) is 10.7. The second kappa shape index (κ2) is 13.0. The molecule has 8 aromatic carbocycles. The number of fused-ring (bicyclic) bond motifs is 3. The van der Waals surface area contributed by atoms with Crippen molar-refractivity contribution in [3.05, 3.63) is 211 Å². The maximum absolute atomic E-state index is 2.43. The Morgan fingerprint density at radius 3 is 1.42 bits per heavy atom. The van der Waals surface area contributed by atoms with Crippen LogP contribution in [0, 0.1) is 0 Å². The molecule has 0 amide bonds. The Labute approximate surface area is 307 Å². The van der Waals surface area contributed by atoms with Crippen LogP contribution < -0.4 is 4.90 Å². The summed E-state index contributed by atoms with van der Waals surface area (Å²) in [5, 5.41) is 0. The molecule has 1 aliphatic carbocycles. The van der Waals surface area contributed by atoms with E-state index in [-0.39, 0.29) is 5.41 Å². The Kier molecular flexibility index (Phi) is 7.90. The fourth-order valence-corrected chi connectivity index (χ4v) is 7.99. The third kappa shape index (κ3) is 5.61. The molecule has 0 fully saturated rings. The SMILES string of the molecule is CC1(C)c2ccccc2-c2ccc(N(c3cccc(-c4ccc(-c5ccccc5)cc4)c3)c3ccc(-c4ccccc4)c(-c4ccccc4)c3)cc21. The predicted octanol–water partition coefficient (Wildman–Crippen LogP) is 14.1. The van der Waals surface area contributed by atoms with Crippen LogP contribution >= 0.6 is 0 Å². The van der Waals surface area contributed by atoms with E-state index >= 15 is 0 Å². The maximum Gasteiger partial charge on any atom is 0.0468 e. The molecule has 0 unspecified atom stereocenters. The first-order valence-corrected chi connectivity index (χ1v) is 18.1. The normalized spacial score (nSPS) is 12.6. The molecule has 0 atom stereocenters. The van der Waals surface area contributed by atoms with Gasteiger partial charge in [0.15, 0.2) is 0 Å². The van der Waals surface area contributed by atoms with Crippen molar-refractivity contribution < 1.29 is 0 Å². The minimum absolute atomic E-state index is 0.109. The Morgan fingerprint density at radius 1 is 0.288 bits per heavy atom. The molecular formula is C51H39N. The summed E-state index contributed by atoms with van der Waals surface area (Å²) in [6.45, 7) is 4.71. The van der Waals surface area contributed by atoms with Crippen LogP contribution in [0.1, 0.15) is 25.0 Å². The van der Waals surface area contributed by atoms with Gasteiger partial charge < -0.3 is 4.90 Å². The van der Waals surface area contributed by atoms with Crippen LogP contribution in [0.2, 0.25) is 0 Å². The first-order valence-electron chi connectivity index (χ1n) is 18.1. The van der Waals surface area contributed by atoms with Gasteiger partial charge in [-0.15, -0.1) is 0 Å². The van der Waals surface area contributed by atoms with Crippen LogP contribution in [-0.4, -0.2) is 0 Å². The van der Waals surface area contributed by atoms with Gasteiger partial charge in [0.25, 0.3) is 0 Å². The minimum atomic E-state index is -0.109. The lowest BCUT2D eigenvalue weighted by molar-refractivity contribution is 0.660. The molecule has 0 N–H and O–H groups in total. The van der Waals surface area contributed by atoms with Gasteiger partial charge in [0.05, 0.1) is 0 Å². The molecule has 1 nitrogen and oxygen atoms in total. The number of rotatable bonds is 7. The molecular weight excluding hydrogens is 627 g/mol. The van der Waals surface area contributed by atoms with E-state index in [1.54, 1.807) is 0 Å². The van der Waals surface area contributed by atoms with Crippen molar-refractivity contribution in [3.63, 3.8) is 0 Å². The molecule has 0 radical (unpaired) electrons. The molecule has 0 aliphatic heterocycles. The van der Waals surface area contributed by atoms with Crippen molar-refractivity contribution in [3.8, 4) is 55.6 Å². The fourth-order valence-electron chi connectivity index (χ4n) is 7.99. The second-order valence-electron chi connectivity index (χ2n) is 14.2. The van der Waals surface area contributed by atoms with Crippen LogP contribution in [0.4, 0.5) is 17.1 Å². The molecule has 0 bridgehead atoms. The summed E-state index contributed by atoms with van der Waals surface area (Å²) in [7, 11) is 0. The Hall–Kier alpha value is -6.44. The van der Waals surface area contributed by atoms with E-state index in [0.717, 1.165) is 17.1 Å². The Bertz CT molecular complexity index is 2510. The van der Waals surface area contributed by atoms with E-state index < -0.39 is 0 Å². The van der Waals surface area contributed by atoms with Crippen LogP contribution in [-0.2, 0) is 5.41 Å². The number of benzene rings is 8. The lowest BCUT2D eigenvalue weighted by Gasteiger charge is -2.29. The van der Waals surface area contributed by atoms with Gasteiger partial charge in [-0.2, -0.15) is 0 Å². The van der Waals surface area contributed by atoms with Crippen molar-refractivity contribution >= 4 is 17.1 Å². The largest absolute Gasteiger partial charge is 0.310 e. The lowest BCUT2D eigenvalue weighted by Crippen LogP contribution is -2.16. The van der Waals surface area contributed by atoms with Crippen molar-refractivity contribution in [2.75, 3.05) is 4.90 Å². The van der Waals surface area contributed by atoms with Gasteiger partial charge in [-0.05, 0) is 103 Å². The van der Waals surface area contributed by atoms with Crippen molar-refractivity contribution in [1.82, 2.24) is 0 Å². The van der Waals surface area contributed by atoms with Gasteiger partial charge in [0.1, 0.15) is 0 Å². The quantitative estimate of drug-likeness (QED) is 0.164. The Morgan fingerprint density at radius 2 is 0.750 bits per heavy atom. The highest BCUT2D eigenvalue weighted by molar-refractivity contribution is 5.91. The van der Waals surface area contributed by atoms with Crippen LogP contribution in [0.25, 0.3) is 55.6 Å². The van der Waals surface area contributed by atoms with Gasteiger partial charge in [-0.1, -0.05) is 178 Å². The average Bonchev–Trinajstić information content (AvgIpc) is 3.44. The van der Waals surface area contributed by atoms with E-state index in [9.17, 15) is 0 Å². The summed E-state index contributed by atoms with van der Waals surface area (Å²) < 4.78 is 0. The number of hydrogen-bond acceptors (Lipinski definition) is 1. The number of hydrogen-bond donors (Lipinski definition) is 0. The highest BCUT2D eigenvalue weighted by atomic mass is 15.1. The standard InChI is InChI=1S/C51H39N/c1-51(2)49-24-13-12-23-46(49)47-32-30-44(35-50(47)51)52(42-22-14-21-41(33-42)38-27-25-37(26-28-38)36-15-6-3-7-16-36)43-29-31-45(39-17-8-4-9-18-39)48(34-43)40-19-10-5-11-20-40/h3-35H,1-2H3. The minimum Gasteiger partial charge on any atom is -0.310 e. The zero-order valence-electron chi connectivity index (χ0n) is 29.5. The molecule has 1 heteroatoms. The van der Waals surface area contributed by atoms with Gasteiger partial charge in [-0.25, -0.2) is 0 Å². The highest BCUT2D eigenvalue weighted by Crippen LogP contribution is 2.51. The van der Waals surface area contributed by atoms with Gasteiger partial charge in [-0.3, -0.25) is 0 Å². The summed E-state index contributed by atoms with van der Waals surface area (Å²) in [5.74, 6) is 0. The average molecular weight is 666 g/mol. The molecule has 248 valence electrons. The van der Waals surface area contributed by atoms with Crippen molar-refractivity contribution in [2.24, 2.45) is 0 Å². The molecule has 0 spiro atoms. The molecule has 0 heterocycles. The molecule has 0 saturated carbocycles. The third-order valence-corrected chi connectivity index (χ3v) is 10.7. The summed E-state index contributed by atoms with van der Waals surface area (Å²) in [6.07, 6.45) is 0. The second-order valence-corrected chi connectivity index (χ2v) is 14.2. The number of anilines is 3. The summed E-state index contributed by atoms with van der Waals surface area (Å²) in [5.41, 5.74) is 18.3. The van der Waals surface area contributed by atoms with E-state index in [1.807, 2.05) is 0 Å². The summed E-state index contributed by atoms with van der Waals surface area (Å²) in [6, 6.07) is 72.8. The van der Waals surface area contributed by atoms with Gasteiger partial charge >= 0.3 is 0 Å². The first-order chi connectivity index (χ1) is 25.5. The molecule has 1 aliphatic rings. The topological polar surface area (TPSA) is 3.24 Å². The van der Waals surface area contributed by atoms with E-state index in [2.05, 4.69) is 219 Å². The molecule has 9 rings (SSSR count). The Balaban J connectivity index is 1.21. The predicted molar refractivity (Wildman–Crippen MR) is 220 cm³/mol.